The van der Waals surface area contributed by atoms with E-state index in [-0.39, 0.29) is 24.5 Å². The van der Waals surface area contributed by atoms with Gasteiger partial charge in [-0.2, -0.15) is 8.42 Å². The zero-order chi connectivity index (χ0) is 29.2. The Bertz CT molecular complexity index is 1510. The molecule has 8 nitrogen and oxygen atoms in total. The lowest BCUT2D eigenvalue weighted by Crippen LogP contribution is -2.48. The van der Waals surface area contributed by atoms with Gasteiger partial charge in [-0.05, 0) is 45.7 Å². The molecular weight excluding hydrogens is 554 g/mol. The van der Waals surface area contributed by atoms with Gasteiger partial charge < -0.3 is 19.5 Å². The van der Waals surface area contributed by atoms with Crippen molar-refractivity contribution in [2.45, 2.75) is 31.7 Å². The van der Waals surface area contributed by atoms with Crippen LogP contribution in [0.15, 0.2) is 97.1 Å². The predicted octanol–water partition coefficient (Wildman–Crippen LogP) is 5.53. The summed E-state index contributed by atoms with van der Waals surface area (Å²) in [6.07, 6.45) is 0.525. The van der Waals surface area contributed by atoms with Gasteiger partial charge in [0, 0.05) is 31.3 Å². The van der Waals surface area contributed by atoms with Gasteiger partial charge in [-0.25, -0.2) is 4.18 Å². The summed E-state index contributed by atoms with van der Waals surface area (Å²) in [7, 11) is -4.56. The summed E-state index contributed by atoms with van der Waals surface area (Å²) >= 11 is 0. The van der Waals surface area contributed by atoms with Crippen LogP contribution in [0.3, 0.4) is 0 Å². The van der Waals surface area contributed by atoms with E-state index >= 15 is 0 Å². The first-order chi connectivity index (χ1) is 20.4. The lowest BCUT2D eigenvalue weighted by atomic mass is 9.79. The Morgan fingerprint density at radius 2 is 1.55 bits per heavy atom. The number of benzene rings is 4. The predicted molar refractivity (Wildman–Crippen MR) is 162 cm³/mol. The third-order valence-corrected chi connectivity index (χ3v) is 7.88. The molecular formula is C33H37NO7S. The van der Waals surface area contributed by atoms with Crippen molar-refractivity contribution in [1.29, 1.82) is 0 Å². The minimum absolute atomic E-state index is 0.158. The van der Waals surface area contributed by atoms with E-state index in [0.717, 1.165) is 34.2 Å². The zero-order valence-electron chi connectivity index (χ0n) is 23.4. The Morgan fingerprint density at radius 1 is 0.786 bits per heavy atom. The monoisotopic (exact) mass is 591 g/mol. The van der Waals surface area contributed by atoms with E-state index in [9.17, 15) is 13.0 Å². The Labute approximate surface area is 247 Å². The van der Waals surface area contributed by atoms with Crippen molar-refractivity contribution in [3.63, 3.8) is 0 Å². The van der Waals surface area contributed by atoms with Gasteiger partial charge in [0.1, 0.15) is 5.75 Å². The number of hydrogen-bond acceptors (Lipinski definition) is 7. The molecule has 1 aliphatic heterocycles. The van der Waals surface area contributed by atoms with Gasteiger partial charge in [-0.3, -0.25) is 4.55 Å². The molecule has 2 N–H and O–H groups in total. The Kier molecular flexibility index (Phi) is 10.6. The largest absolute Gasteiger partial charge is 0.494 e. The zero-order valence-corrected chi connectivity index (χ0v) is 24.2. The summed E-state index contributed by atoms with van der Waals surface area (Å²) < 4.78 is 54.8. The molecule has 1 heterocycles. The van der Waals surface area contributed by atoms with Crippen LogP contribution < -0.4 is 10.1 Å². The Morgan fingerprint density at radius 3 is 2.33 bits per heavy atom. The molecule has 5 rings (SSSR count). The van der Waals surface area contributed by atoms with Gasteiger partial charge in [0.2, 0.25) is 0 Å². The number of ether oxygens (including phenoxy) is 3. The molecule has 3 atom stereocenters. The highest BCUT2D eigenvalue weighted by atomic mass is 32.3. The molecule has 1 fully saturated rings. The highest BCUT2D eigenvalue weighted by Crippen LogP contribution is 2.34. The van der Waals surface area contributed by atoms with Gasteiger partial charge in [-0.1, -0.05) is 78.9 Å². The maximum Gasteiger partial charge on any atom is 0.397 e. The molecule has 1 aliphatic rings. The van der Waals surface area contributed by atoms with Gasteiger partial charge in [-0.15, -0.1) is 0 Å². The van der Waals surface area contributed by atoms with E-state index in [4.69, 9.17) is 18.4 Å². The Balaban J connectivity index is 1.20. The first-order valence-electron chi connectivity index (χ1n) is 14.2. The molecule has 9 heteroatoms. The minimum atomic E-state index is -4.56. The highest BCUT2D eigenvalue weighted by Gasteiger charge is 2.36. The summed E-state index contributed by atoms with van der Waals surface area (Å²) in [5.41, 5.74) is 3.19. The molecule has 222 valence electrons. The van der Waals surface area contributed by atoms with Crippen LogP contribution in [0.1, 0.15) is 29.0 Å². The van der Waals surface area contributed by atoms with Crippen LogP contribution in [0, 0.1) is 5.92 Å². The van der Waals surface area contributed by atoms with Crippen molar-refractivity contribution in [3.8, 4) is 5.75 Å². The normalized spacial score (nSPS) is 19.1. The first kappa shape index (κ1) is 30.2. The molecule has 0 spiro atoms. The summed E-state index contributed by atoms with van der Waals surface area (Å²) in [6, 6.07) is 32.3. The molecule has 1 saturated heterocycles. The smallest absolute Gasteiger partial charge is 0.397 e. The van der Waals surface area contributed by atoms with Crippen molar-refractivity contribution < 1.29 is 31.4 Å². The second kappa shape index (κ2) is 14.7. The van der Waals surface area contributed by atoms with Crippen molar-refractivity contribution >= 4 is 21.2 Å². The van der Waals surface area contributed by atoms with E-state index in [1.54, 1.807) is 0 Å². The second-order valence-electron chi connectivity index (χ2n) is 10.5. The fourth-order valence-corrected chi connectivity index (χ4v) is 5.73. The molecule has 0 unspecified atom stereocenters. The van der Waals surface area contributed by atoms with Crippen LogP contribution in [0.4, 0.5) is 0 Å². The van der Waals surface area contributed by atoms with E-state index in [1.807, 2.05) is 66.7 Å². The van der Waals surface area contributed by atoms with E-state index in [1.165, 1.54) is 5.39 Å². The van der Waals surface area contributed by atoms with Crippen LogP contribution in [0.5, 0.6) is 5.75 Å². The van der Waals surface area contributed by atoms with Crippen LogP contribution in [0.25, 0.3) is 10.8 Å². The molecule has 0 amide bonds. The average Bonchev–Trinajstić information content (AvgIpc) is 3.01. The second-order valence-corrected chi connectivity index (χ2v) is 11.6. The van der Waals surface area contributed by atoms with E-state index in [2.05, 4.69) is 35.6 Å². The summed E-state index contributed by atoms with van der Waals surface area (Å²) in [5, 5.41) is 5.65. The first-order valence-corrected chi connectivity index (χ1v) is 15.6. The standard InChI is InChI=1S/C33H37NO7S/c35-42(36,37)41-24-30-20-34-21-32(40-23-26-11-12-27-9-4-5-10-29(27)19-26)33(30)28-13-15-31(16-14-28)39-18-6-17-38-22-25-7-2-1-3-8-25/h1-5,7-16,19,30,32-34H,6,17-18,20-24H2,(H,35,36,37)/t30-,32-,33-/m1/s1. The molecule has 0 saturated carbocycles. The third-order valence-electron chi connectivity index (χ3n) is 7.45. The molecule has 4 aromatic carbocycles. The molecule has 0 radical (unpaired) electrons. The Hall–Kier alpha value is -3.31. The number of rotatable bonds is 14. The van der Waals surface area contributed by atoms with Crippen molar-refractivity contribution in [2.75, 3.05) is 32.9 Å². The van der Waals surface area contributed by atoms with Crippen LogP contribution in [-0.4, -0.2) is 52.0 Å². The maximum atomic E-state index is 11.4. The molecule has 0 aliphatic carbocycles. The quantitative estimate of drug-likeness (QED) is 0.146. The van der Waals surface area contributed by atoms with Gasteiger partial charge in [0.25, 0.3) is 0 Å². The van der Waals surface area contributed by atoms with Gasteiger partial charge >= 0.3 is 10.4 Å². The molecule has 4 aromatic rings. The van der Waals surface area contributed by atoms with E-state index in [0.29, 0.717) is 39.5 Å². The number of nitrogens with one attached hydrogen (secondary N) is 1. The van der Waals surface area contributed by atoms with Crippen LogP contribution >= 0.6 is 0 Å². The van der Waals surface area contributed by atoms with Crippen LogP contribution in [0.2, 0.25) is 0 Å². The average molecular weight is 592 g/mol. The summed E-state index contributed by atoms with van der Waals surface area (Å²) in [5.74, 6) is 0.347. The SMILES string of the molecule is O=S(=O)(O)OC[C@H]1CNC[C@@H](OCc2ccc3ccccc3c2)[C@@H]1c1ccc(OCCCOCc2ccccc2)cc1. The number of fused-ring (bicyclic) bond motifs is 1. The van der Waals surface area contributed by atoms with Crippen molar-refractivity contribution in [1.82, 2.24) is 5.32 Å². The summed E-state index contributed by atoms with van der Waals surface area (Å²) in [4.78, 5) is 0. The lowest BCUT2D eigenvalue weighted by Gasteiger charge is -2.38. The molecule has 42 heavy (non-hydrogen) atoms. The van der Waals surface area contributed by atoms with Gasteiger partial charge in [0.15, 0.2) is 0 Å². The fraction of sp³-hybridized carbons (Fsp3) is 0.333. The van der Waals surface area contributed by atoms with E-state index < -0.39 is 10.4 Å². The number of piperidine rings is 1. The maximum absolute atomic E-state index is 11.4. The van der Waals surface area contributed by atoms with Gasteiger partial charge in [0.05, 0.1) is 39.1 Å². The lowest BCUT2D eigenvalue weighted by molar-refractivity contribution is -0.0134. The summed E-state index contributed by atoms with van der Waals surface area (Å²) in [6.45, 7) is 3.09. The molecule has 0 aromatic heterocycles. The molecule has 0 bridgehead atoms. The topological polar surface area (TPSA) is 103 Å². The fourth-order valence-electron chi connectivity index (χ4n) is 5.39. The minimum Gasteiger partial charge on any atom is -0.494 e. The van der Waals surface area contributed by atoms with Crippen molar-refractivity contribution in [3.05, 3.63) is 114 Å². The third kappa shape index (κ3) is 8.84. The van der Waals surface area contributed by atoms with Crippen molar-refractivity contribution in [2.24, 2.45) is 5.92 Å². The number of hydrogen-bond donors (Lipinski definition) is 2. The van der Waals surface area contributed by atoms with Crippen LogP contribution in [-0.2, 0) is 37.3 Å². The highest BCUT2D eigenvalue weighted by molar-refractivity contribution is 7.80.